The van der Waals surface area contributed by atoms with Crippen LogP contribution in [0, 0.1) is 5.82 Å². The zero-order valence-electron chi connectivity index (χ0n) is 17.7. The number of carbonyl (C=O) groups excluding carboxylic acids is 2. The minimum Gasteiger partial charge on any atom is -0.326 e. The smallest absolute Gasteiger partial charge is 0.326 e. The fourth-order valence-corrected chi connectivity index (χ4v) is 4.19. The minimum atomic E-state index is -4.78. The van der Waals surface area contributed by atoms with Crippen LogP contribution in [-0.4, -0.2) is 55.9 Å². The molecule has 13 heteroatoms. The molecule has 35 heavy (non-hydrogen) atoms. The lowest BCUT2D eigenvalue weighted by Crippen LogP contribution is -2.52. The van der Waals surface area contributed by atoms with Crippen LogP contribution in [0.15, 0.2) is 48.9 Å². The molecule has 1 aliphatic heterocycles. The predicted octanol–water partition coefficient (Wildman–Crippen LogP) is 4.02. The molecule has 1 aliphatic rings. The molecule has 0 spiro atoms. The first kappa shape index (κ1) is 22.8. The van der Waals surface area contributed by atoms with Crippen LogP contribution in [0.3, 0.4) is 0 Å². The highest BCUT2D eigenvalue weighted by molar-refractivity contribution is 6.33. The summed E-state index contributed by atoms with van der Waals surface area (Å²) in [5.41, 5.74) is -1.14. The van der Waals surface area contributed by atoms with Gasteiger partial charge in [0.25, 0.3) is 5.91 Å². The molecule has 0 radical (unpaired) electrons. The summed E-state index contributed by atoms with van der Waals surface area (Å²) in [4.78, 5) is 32.2. The Morgan fingerprint density at radius 3 is 2.60 bits per heavy atom. The lowest BCUT2D eigenvalue weighted by molar-refractivity contribution is -0.136. The third-order valence-electron chi connectivity index (χ3n) is 5.63. The van der Waals surface area contributed by atoms with E-state index in [1.807, 2.05) is 0 Å². The zero-order valence-corrected chi connectivity index (χ0v) is 18.4. The summed E-state index contributed by atoms with van der Waals surface area (Å²) < 4.78 is 56.0. The number of aromatic nitrogens is 4. The molecule has 0 saturated carbocycles. The maximum atomic E-state index is 13.8. The number of rotatable bonds is 3. The van der Waals surface area contributed by atoms with Crippen LogP contribution < -0.4 is 4.90 Å². The van der Waals surface area contributed by atoms with Gasteiger partial charge in [-0.25, -0.2) is 9.37 Å². The van der Waals surface area contributed by atoms with Crippen molar-refractivity contribution >= 4 is 34.7 Å². The van der Waals surface area contributed by atoms with Gasteiger partial charge in [0.1, 0.15) is 17.5 Å². The van der Waals surface area contributed by atoms with Gasteiger partial charge in [0.2, 0.25) is 5.91 Å². The molecular weight excluding hydrogens is 492 g/mol. The minimum absolute atomic E-state index is 0.0533. The van der Waals surface area contributed by atoms with E-state index < -0.39 is 40.7 Å². The molecule has 3 aromatic heterocycles. The topological polar surface area (TPSA) is 86.6 Å². The SMILES string of the molecule is O=C(c1nc2c(C(F)(F)F)cc(-c3cn[nH]c3)cn2c1Cl)N1CCN(c2cccc(F)c2)C(=O)C1. The second-order valence-corrected chi connectivity index (χ2v) is 8.18. The number of nitrogens with zero attached hydrogens (tertiary/aromatic N) is 5. The number of anilines is 1. The van der Waals surface area contributed by atoms with Gasteiger partial charge in [-0.2, -0.15) is 18.3 Å². The Labute approximate surface area is 199 Å². The maximum absolute atomic E-state index is 13.8. The molecule has 0 bridgehead atoms. The summed E-state index contributed by atoms with van der Waals surface area (Å²) in [5, 5.41) is 5.96. The van der Waals surface area contributed by atoms with Crippen molar-refractivity contribution in [2.45, 2.75) is 6.18 Å². The highest BCUT2D eigenvalue weighted by atomic mass is 35.5. The third kappa shape index (κ3) is 4.09. The van der Waals surface area contributed by atoms with E-state index >= 15 is 0 Å². The molecule has 2 amide bonds. The van der Waals surface area contributed by atoms with E-state index in [9.17, 15) is 27.2 Å². The molecule has 180 valence electrons. The van der Waals surface area contributed by atoms with Crippen molar-refractivity contribution in [3.05, 3.63) is 71.2 Å². The number of imidazole rings is 1. The monoisotopic (exact) mass is 506 g/mol. The van der Waals surface area contributed by atoms with Crippen LogP contribution in [0.2, 0.25) is 5.15 Å². The van der Waals surface area contributed by atoms with E-state index in [0.717, 1.165) is 15.4 Å². The summed E-state index contributed by atoms with van der Waals surface area (Å²) >= 11 is 6.33. The summed E-state index contributed by atoms with van der Waals surface area (Å²) in [6.07, 6.45) is -0.680. The Bertz CT molecular complexity index is 1450. The molecule has 1 fully saturated rings. The Morgan fingerprint density at radius 1 is 1.14 bits per heavy atom. The van der Waals surface area contributed by atoms with Crippen molar-refractivity contribution in [3.8, 4) is 11.1 Å². The zero-order chi connectivity index (χ0) is 24.9. The lowest BCUT2D eigenvalue weighted by atomic mass is 10.1. The van der Waals surface area contributed by atoms with E-state index in [1.165, 1.54) is 41.7 Å². The Kier molecular flexibility index (Phi) is 5.47. The molecule has 0 aliphatic carbocycles. The first-order valence-corrected chi connectivity index (χ1v) is 10.6. The van der Waals surface area contributed by atoms with E-state index in [-0.39, 0.29) is 30.4 Å². The van der Waals surface area contributed by atoms with E-state index in [1.54, 1.807) is 6.07 Å². The highest BCUT2D eigenvalue weighted by Crippen LogP contribution is 2.37. The molecule has 1 saturated heterocycles. The van der Waals surface area contributed by atoms with E-state index in [4.69, 9.17) is 11.6 Å². The van der Waals surface area contributed by atoms with Crippen LogP contribution in [-0.2, 0) is 11.0 Å². The van der Waals surface area contributed by atoms with Crippen molar-refractivity contribution in [2.24, 2.45) is 0 Å². The molecule has 5 rings (SSSR count). The van der Waals surface area contributed by atoms with E-state index in [0.29, 0.717) is 11.3 Å². The van der Waals surface area contributed by atoms with Gasteiger partial charge < -0.3 is 9.80 Å². The van der Waals surface area contributed by atoms with Crippen LogP contribution in [0.1, 0.15) is 16.1 Å². The van der Waals surface area contributed by atoms with Crippen molar-refractivity contribution in [1.82, 2.24) is 24.5 Å². The number of amides is 2. The average molecular weight is 507 g/mol. The molecule has 0 atom stereocenters. The number of hydrogen-bond acceptors (Lipinski definition) is 4. The van der Waals surface area contributed by atoms with Gasteiger partial charge in [0, 0.05) is 42.3 Å². The summed E-state index contributed by atoms with van der Waals surface area (Å²) in [6, 6.07) is 6.37. The number of aromatic amines is 1. The second kappa shape index (κ2) is 8.38. The van der Waals surface area contributed by atoms with Gasteiger partial charge in [-0.15, -0.1) is 0 Å². The third-order valence-corrected chi connectivity index (χ3v) is 5.99. The van der Waals surface area contributed by atoms with E-state index in [2.05, 4.69) is 15.2 Å². The number of pyridine rings is 1. The average Bonchev–Trinajstić information content (AvgIpc) is 3.46. The molecule has 0 unspecified atom stereocenters. The summed E-state index contributed by atoms with van der Waals surface area (Å²) in [5.74, 6) is -1.78. The van der Waals surface area contributed by atoms with Crippen LogP contribution in [0.25, 0.3) is 16.8 Å². The molecule has 4 heterocycles. The molecule has 1 aromatic carbocycles. The molecule has 1 N–H and O–H groups in total. The Morgan fingerprint density at radius 2 is 1.94 bits per heavy atom. The first-order valence-electron chi connectivity index (χ1n) is 10.3. The predicted molar refractivity (Wildman–Crippen MR) is 117 cm³/mol. The summed E-state index contributed by atoms with van der Waals surface area (Å²) in [7, 11) is 0. The maximum Gasteiger partial charge on any atom is 0.420 e. The van der Waals surface area contributed by atoms with Gasteiger partial charge in [-0.1, -0.05) is 17.7 Å². The van der Waals surface area contributed by atoms with Gasteiger partial charge >= 0.3 is 6.18 Å². The number of nitrogens with one attached hydrogen (secondary N) is 1. The molecule has 8 nitrogen and oxygen atoms in total. The van der Waals surface area contributed by atoms with Crippen LogP contribution in [0.4, 0.5) is 23.2 Å². The second-order valence-electron chi connectivity index (χ2n) is 7.82. The largest absolute Gasteiger partial charge is 0.420 e. The quantitative estimate of drug-likeness (QED) is 0.425. The normalized spacial score (nSPS) is 14.7. The lowest BCUT2D eigenvalue weighted by Gasteiger charge is -2.34. The number of benzene rings is 1. The fraction of sp³-hybridized carbons (Fsp3) is 0.182. The highest BCUT2D eigenvalue weighted by Gasteiger charge is 2.37. The van der Waals surface area contributed by atoms with Crippen LogP contribution in [0.5, 0.6) is 0 Å². The van der Waals surface area contributed by atoms with Crippen molar-refractivity contribution in [3.63, 3.8) is 0 Å². The number of piperazine rings is 1. The number of hydrogen-bond donors (Lipinski definition) is 1. The fourth-order valence-electron chi connectivity index (χ4n) is 3.94. The Hall–Kier alpha value is -3.93. The van der Waals surface area contributed by atoms with Gasteiger partial charge in [-0.3, -0.25) is 19.1 Å². The van der Waals surface area contributed by atoms with Gasteiger partial charge in [-0.05, 0) is 24.3 Å². The van der Waals surface area contributed by atoms with Gasteiger partial charge in [0.15, 0.2) is 11.3 Å². The van der Waals surface area contributed by atoms with Crippen LogP contribution >= 0.6 is 11.6 Å². The number of carbonyl (C=O) groups is 2. The summed E-state index contributed by atoms with van der Waals surface area (Å²) in [6.45, 7) is -0.249. The standard InChI is InChI=1S/C22H15ClF4N6O2/c23-19-18(21(35)31-4-5-32(17(34)11-31)15-3-1-2-14(24)7-15)30-20-16(22(25,26)27)6-12(10-33(19)20)13-8-28-29-9-13/h1-3,6-10H,4-5,11H2,(H,28,29). The number of H-pyrrole nitrogens is 1. The number of alkyl halides is 3. The van der Waals surface area contributed by atoms with Crippen molar-refractivity contribution in [2.75, 3.05) is 24.5 Å². The Balaban J connectivity index is 1.49. The molecular formula is C22H15ClF4N6O2. The number of halogens is 5. The first-order chi connectivity index (χ1) is 16.6. The van der Waals surface area contributed by atoms with Gasteiger partial charge in [0.05, 0.1) is 11.8 Å². The van der Waals surface area contributed by atoms with Crippen molar-refractivity contribution < 1.29 is 27.2 Å². The molecule has 4 aromatic rings. The van der Waals surface area contributed by atoms with Crippen molar-refractivity contribution in [1.29, 1.82) is 0 Å². The number of fused-ring (bicyclic) bond motifs is 1.